The lowest BCUT2D eigenvalue weighted by Gasteiger charge is -2.36. The summed E-state index contributed by atoms with van der Waals surface area (Å²) in [6.45, 7) is 4.73. The van der Waals surface area contributed by atoms with Crippen molar-refractivity contribution < 1.29 is 4.39 Å². The zero-order chi connectivity index (χ0) is 17.9. The predicted octanol–water partition coefficient (Wildman–Crippen LogP) is 3.37. The monoisotopic (exact) mass is 387 g/mol. The molecule has 0 radical (unpaired) electrons. The summed E-state index contributed by atoms with van der Waals surface area (Å²) in [5.74, 6) is 0.753. The highest BCUT2D eigenvalue weighted by molar-refractivity contribution is 5.85. The molecule has 1 aliphatic heterocycles. The Morgan fingerprint density at radius 2 is 1.78 bits per heavy atom. The normalized spacial score (nSPS) is 14.8. The number of aryl methyl sites for hydroxylation is 1. The highest BCUT2D eigenvalue weighted by Gasteiger charge is 2.21. The van der Waals surface area contributed by atoms with Gasteiger partial charge >= 0.3 is 0 Å². The Hall–Kier alpha value is -2.44. The summed E-state index contributed by atoms with van der Waals surface area (Å²) in [6, 6.07) is 10.6. The van der Waals surface area contributed by atoms with E-state index in [0.717, 1.165) is 49.7 Å². The molecular weight excluding hydrogens is 365 g/mol. The van der Waals surface area contributed by atoms with Crippen molar-refractivity contribution in [1.82, 2.24) is 19.7 Å². The maximum atomic E-state index is 13.2. The summed E-state index contributed by atoms with van der Waals surface area (Å²) in [4.78, 5) is 9.37. The fourth-order valence-corrected chi connectivity index (χ4v) is 3.43. The molecule has 0 amide bonds. The SMILES string of the molecule is Cl.Cn1cc(CN2CCN(c3ncccc3-c3ccc(F)cc3)CC2)cn1. The van der Waals surface area contributed by atoms with Crippen LogP contribution < -0.4 is 4.90 Å². The maximum absolute atomic E-state index is 13.2. The topological polar surface area (TPSA) is 37.2 Å². The Bertz CT molecular complexity index is 872. The van der Waals surface area contributed by atoms with E-state index >= 15 is 0 Å². The van der Waals surface area contributed by atoms with E-state index in [0.29, 0.717) is 0 Å². The largest absolute Gasteiger partial charge is 0.354 e. The van der Waals surface area contributed by atoms with Gasteiger partial charge in [0.15, 0.2) is 0 Å². The molecule has 0 atom stereocenters. The van der Waals surface area contributed by atoms with Crippen molar-refractivity contribution in [2.24, 2.45) is 7.05 Å². The molecule has 0 bridgehead atoms. The Kier molecular flexibility index (Phi) is 6.08. The van der Waals surface area contributed by atoms with E-state index in [1.807, 2.05) is 42.3 Å². The summed E-state index contributed by atoms with van der Waals surface area (Å²) < 4.78 is 15.1. The van der Waals surface area contributed by atoms with Gasteiger partial charge in [-0.2, -0.15) is 5.10 Å². The molecule has 0 unspecified atom stereocenters. The van der Waals surface area contributed by atoms with Crippen LogP contribution in [0.5, 0.6) is 0 Å². The van der Waals surface area contributed by atoms with Crippen molar-refractivity contribution in [2.75, 3.05) is 31.1 Å². The first-order valence-corrected chi connectivity index (χ1v) is 8.85. The number of anilines is 1. The Labute approximate surface area is 164 Å². The fourth-order valence-electron chi connectivity index (χ4n) is 3.43. The number of benzene rings is 1. The van der Waals surface area contributed by atoms with Crippen LogP contribution in [0, 0.1) is 5.82 Å². The van der Waals surface area contributed by atoms with Gasteiger partial charge in [-0.3, -0.25) is 9.58 Å². The molecule has 0 saturated carbocycles. The lowest BCUT2D eigenvalue weighted by molar-refractivity contribution is 0.249. The molecule has 1 saturated heterocycles. The van der Waals surface area contributed by atoms with E-state index in [-0.39, 0.29) is 18.2 Å². The van der Waals surface area contributed by atoms with Crippen molar-refractivity contribution in [3.05, 3.63) is 66.4 Å². The van der Waals surface area contributed by atoms with E-state index in [4.69, 9.17) is 0 Å². The molecule has 1 aliphatic rings. The molecule has 5 nitrogen and oxygen atoms in total. The van der Waals surface area contributed by atoms with Gasteiger partial charge in [-0.05, 0) is 29.8 Å². The van der Waals surface area contributed by atoms with Crippen molar-refractivity contribution in [3.63, 3.8) is 0 Å². The van der Waals surface area contributed by atoms with Gasteiger partial charge in [0.1, 0.15) is 11.6 Å². The van der Waals surface area contributed by atoms with E-state index in [1.54, 1.807) is 0 Å². The van der Waals surface area contributed by atoms with Crippen LogP contribution in [0.3, 0.4) is 0 Å². The van der Waals surface area contributed by atoms with Gasteiger partial charge in [0.05, 0.1) is 6.20 Å². The molecule has 27 heavy (non-hydrogen) atoms. The summed E-state index contributed by atoms with van der Waals surface area (Å²) in [7, 11) is 1.94. The van der Waals surface area contributed by atoms with Crippen LogP contribution in [0.1, 0.15) is 5.56 Å². The molecule has 3 aromatic rings. The maximum Gasteiger partial charge on any atom is 0.136 e. The first-order chi connectivity index (χ1) is 12.7. The van der Waals surface area contributed by atoms with Gasteiger partial charge in [-0.25, -0.2) is 9.37 Å². The van der Waals surface area contributed by atoms with Crippen molar-refractivity contribution in [1.29, 1.82) is 0 Å². The minimum Gasteiger partial charge on any atom is -0.354 e. The van der Waals surface area contributed by atoms with Crippen molar-refractivity contribution in [2.45, 2.75) is 6.54 Å². The zero-order valence-corrected chi connectivity index (χ0v) is 16.1. The van der Waals surface area contributed by atoms with Gasteiger partial charge in [0, 0.05) is 63.3 Å². The fraction of sp³-hybridized carbons (Fsp3) is 0.300. The Balaban J connectivity index is 0.00000210. The predicted molar refractivity (Wildman–Crippen MR) is 108 cm³/mol. The van der Waals surface area contributed by atoms with Crippen molar-refractivity contribution >= 4 is 18.2 Å². The number of pyridine rings is 1. The Morgan fingerprint density at radius 3 is 2.44 bits per heavy atom. The quantitative estimate of drug-likeness (QED) is 0.688. The third kappa shape index (κ3) is 4.46. The third-order valence-electron chi connectivity index (χ3n) is 4.78. The second-order valence-electron chi connectivity index (χ2n) is 6.67. The highest BCUT2D eigenvalue weighted by Crippen LogP contribution is 2.29. The second kappa shape index (κ2) is 8.50. The number of nitrogens with zero attached hydrogens (tertiary/aromatic N) is 5. The molecular formula is C20H23ClFN5. The van der Waals surface area contributed by atoms with Gasteiger partial charge in [-0.1, -0.05) is 12.1 Å². The number of piperazine rings is 1. The molecule has 4 rings (SSSR count). The average molecular weight is 388 g/mol. The highest BCUT2D eigenvalue weighted by atomic mass is 35.5. The van der Waals surface area contributed by atoms with Crippen LogP contribution in [0.25, 0.3) is 11.1 Å². The molecule has 7 heteroatoms. The zero-order valence-electron chi connectivity index (χ0n) is 15.3. The molecule has 0 N–H and O–H groups in total. The summed E-state index contributed by atoms with van der Waals surface area (Å²) in [6.07, 6.45) is 5.82. The van der Waals surface area contributed by atoms with Crippen LogP contribution in [0.4, 0.5) is 10.2 Å². The van der Waals surface area contributed by atoms with Crippen LogP contribution in [0.15, 0.2) is 55.0 Å². The van der Waals surface area contributed by atoms with Crippen LogP contribution in [0.2, 0.25) is 0 Å². The molecule has 1 aromatic carbocycles. The van der Waals surface area contributed by atoms with Crippen molar-refractivity contribution in [3.8, 4) is 11.1 Å². The third-order valence-corrected chi connectivity index (χ3v) is 4.78. The molecule has 0 aliphatic carbocycles. The minimum atomic E-state index is -0.219. The van der Waals surface area contributed by atoms with Gasteiger partial charge in [0.25, 0.3) is 0 Å². The second-order valence-corrected chi connectivity index (χ2v) is 6.67. The lowest BCUT2D eigenvalue weighted by Crippen LogP contribution is -2.46. The number of halogens is 2. The van der Waals surface area contributed by atoms with E-state index in [9.17, 15) is 4.39 Å². The Morgan fingerprint density at radius 1 is 1.04 bits per heavy atom. The van der Waals surface area contributed by atoms with Crippen LogP contribution >= 0.6 is 12.4 Å². The van der Waals surface area contributed by atoms with E-state index < -0.39 is 0 Å². The van der Waals surface area contributed by atoms with E-state index in [2.05, 4.69) is 32.1 Å². The van der Waals surface area contributed by atoms with Gasteiger partial charge in [0.2, 0.25) is 0 Å². The first kappa shape index (κ1) is 19.3. The molecule has 3 heterocycles. The number of aromatic nitrogens is 3. The lowest BCUT2D eigenvalue weighted by atomic mass is 10.1. The molecule has 0 spiro atoms. The summed E-state index contributed by atoms with van der Waals surface area (Å²) in [5.41, 5.74) is 3.28. The van der Waals surface area contributed by atoms with Gasteiger partial charge in [-0.15, -0.1) is 12.4 Å². The summed E-state index contributed by atoms with van der Waals surface area (Å²) in [5, 5.41) is 4.24. The first-order valence-electron chi connectivity index (χ1n) is 8.85. The standard InChI is InChI=1S/C20H22FN5.ClH/c1-24-14-16(13-23-24)15-25-9-11-26(12-10-25)20-19(3-2-8-22-20)17-4-6-18(21)7-5-17;/h2-8,13-14H,9-12,15H2,1H3;1H. The van der Waals surface area contributed by atoms with E-state index in [1.165, 1.54) is 17.7 Å². The molecule has 2 aromatic heterocycles. The molecule has 142 valence electrons. The minimum absolute atomic E-state index is 0. The average Bonchev–Trinajstić information content (AvgIpc) is 3.08. The summed E-state index contributed by atoms with van der Waals surface area (Å²) >= 11 is 0. The number of hydrogen-bond acceptors (Lipinski definition) is 4. The molecule has 1 fully saturated rings. The number of hydrogen-bond donors (Lipinski definition) is 0. The van der Waals surface area contributed by atoms with Crippen LogP contribution in [-0.4, -0.2) is 45.8 Å². The smallest absolute Gasteiger partial charge is 0.136 e. The van der Waals surface area contributed by atoms with Gasteiger partial charge < -0.3 is 4.90 Å². The van der Waals surface area contributed by atoms with Crippen LogP contribution in [-0.2, 0) is 13.6 Å². The number of rotatable bonds is 4.